The number of carbonyl (C=O) groups excluding carboxylic acids is 2. The lowest BCUT2D eigenvalue weighted by Gasteiger charge is -2.34. The number of sulfonamides is 1. The Morgan fingerprint density at radius 3 is 2.32 bits per heavy atom. The van der Waals surface area contributed by atoms with Crippen molar-refractivity contribution >= 4 is 50.7 Å². The summed E-state index contributed by atoms with van der Waals surface area (Å²) in [7, 11) is -3.94. The Morgan fingerprint density at radius 1 is 0.955 bits per heavy atom. The molecule has 2 aliphatic rings. The van der Waals surface area contributed by atoms with Crippen LogP contribution in [0.1, 0.15) is 43.7 Å². The first-order valence-corrected chi connectivity index (χ1v) is 17.0. The highest BCUT2D eigenvalue weighted by molar-refractivity contribution is 7.92. The van der Waals surface area contributed by atoms with Gasteiger partial charge in [0.15, 0.2) is 11.5 Å². The molecule has 1 heterocycles. The van der Waals surface area contributed by atoms with Gasteiger partial charge < -0.3 is 19.7 Å². The van der Waals surface area contributed by atoms with Gasteiger partial charge in [-0.25, -0.2) is 8.42 Å². The van der Waals surface area contributed by atoms with Crippen LogP contribution in [-0.2, 0) is 32.6 Å². The van der Waals surface area contributed by atoms with E-state index in [4.69, 9.17) is 32.7 Å². The SMILES string of the molecule is CCS(=O)(=O)N(CC(=O)N(Cc1c(Cl)cccc1Cl)C(Cc1ccccc1)C(=O)NC1CCCC1)c1ccc2c(c1)OCO2. The molecule has 5 rings (SSSR count). The molecule has 234 valence electrons. The third-order valence-corrected chi connectivity index (χ3v) is 10.4. The van der Waals surface area contributed by atoms with Gasteiger partial charge in [0.1, 0.15) is 12.6 Å². The van der Waals surface area contributed by atoms with Gasteiger partial charge in [-0.15, -0.1) is 0 Å². The van der Waals surface area contributed by atoms with E-state index in [0.717, 1.165) is 35.6 Å². The normalized spacial score (nSPS) is 15.2. The molecule has 1 aliphatic carbocycles. The van der Waals surface area contributed by atoms with E-state index < -0.39 is 28.5 Å². The average Bonchev–Trinajstić information content (AvgIpc) is 3.71. The van der Waals surface area contributed by atoms with E-state index in [1.54, 1.807) is 30.3 Å². The molecule has 1 saturated carbocycles. The molecule has 1 atom stereocenters. The van der Waals surface area contributed by atoms with E-state index in [2.05, 4.69) is 5.32 Å². The van der Waals surface area contributed by atoms with Crippen molar-refractivity contribution in [3.63, 3.8) is 0 Å². The van der Waals surface area contributed by atoms with Gasteiger partial charge in [-0.05, 0) is 49.6 Å². The number of halogens is 2. The van der Waals surface area contributed by atoms with E-state index in [1.807, 2.05) is 30.3 Å². The zero-order valence-electron chi connectivity index (χ0n) is 24.4. The van der Waals surface area contributed by atoms with Gasteiger partial charge in [0.2, 0.25) is 28.6 Å². The zero-order chi connectivity index (χ0) is 31.3. The number of amides is 2. The van der Waals surface area contributed by atoms with Gasteiger partial charge in [0, 0.05) is 40.7 Å². The van der Waals surface area contributed by atoms with Crippen molar-refractivity contribution in [2.45, 2.75) is 57.7 Å². The van der Waals surface area contributed by atoms with Crippen LogP contribution in [0.4, 0.5) is 5.69 Å². The van der Waals surface area contributed by atoms with Gasteiger partial charge in [0.25, 0.3) is 0 Å². The van der Waals surface area contributed by atoms with Crippen LogP contribution in [0.2, 0.25) is 10.0 Å². The fourth-order valence-corrected chi connectivity index (χ4v) is 7.11. The second-order valence-electron chi connectivity index (χ2n) is 10.9. The maximum absolute atomic E-state index is 14.4. The van der Waals surface area contributed by atoms with Gasteiger partial charge in [0.05, 0.1) is 11.4 Å². The summed E-state index contributed by atoms with van der Waals surface area (Å²) >= 11 is 13.1. The number of hydrogen-bond donors (Lipinski definition) is 1. The fraction of sp³-hybridized carbons (Fsp3) is 0.375. The highest BCUT2D eigenvalue weighted by Gasteiger charge is 2.35. The van der Waals surface area contributed by atoms with E-state index in [1.165, 1.54) is 17.9 Å². The summed E-state index contributed by atoms with van der Waals surface area (Å²) in [5.41, 5.74) is 1.55. The number of fused-ring (bicyclic) bond motifs is 1. The Hall–Kier alpha value is -3.47. The molecular weight excluding hydrogens is 625 g/mol. The molecular formula is C32H35Cl2N3O6S. The van der Waals surface area contributed by atoms with Gasteiger partial charge in [-0.2, -0.15) is 0 Å². The van der Waals surface area contributed by atoms with Gasteiger partial charge >= 0.3 is 0 Å². The summed E-state index contributed by atoms with van der Waals surface area (Å²) in [5.74, 6) is -0.288. The van der Waals surface area contributed by atoms with Crippen molar-refractivity contribution in [2.75, 3.05) is 23.4 Å². The molecule has 9 nitrogen and oxygen atoms in total. The van der Waals surface area contributed by atoms with Crippen LogP contribution < -0.4 is 19.1 Å². The lowest BCUT2D eigenvalue weighted by atomic mass is 10.0. The zero-order valence-corrected chi connectivity index (χ0v) is 26.7. The molecule has 1 fully saturated rings. The third-order valence-electron chi connectivity index (χ3n) is 7.99. The monoisotopic (exact) mass is 659 g/mol. The van der Waals surface area contributed by atoms with Crippen molar-refractivity contribution in [2.24, 2.45) is 0 Å². The van der Waals surface area contributed by atoms with Crippen LogP contribution in [-0.4, -0.2) is 56.3 Å². The molecule has 3 aromatic rings. The number of nitrogens with zero attached hydrogens (tertiary/aromatic N) is 2. The van der Waals surface area contributed by atoms with Crippen LogP contribution in [0, 0.1) is 0 Å². The first kappa shape index (κ1) is 31.9. The van der Waals surface area contributed by atoms with Gasteiger partial charge in [-0.1, -0.05) is 72.4 Å². The molecule has 3 aromatic carbocycles. The first-order chi connectivity index (χ1) is 21.2. The summed E-state index contributed by atoms with van der Waals surface area (Å²) in [6, 6.07) is 18.2. The Bertz CT molecular complexity index is 1580. The van der Waals surface area contributed by atoms with Crippen LogP contribution in [0.5, 0.6) is 11.5 Å². The molecule has 0 saturated heterocycles. The second kappa shape index (κ2) is 14.1. The molecule has 12 heteroatoms. The van der Waals surface area contributed by atoms with Crippen molar-refractivity contribution < 1.29 is 27.5 Å². The second-order valence-corrected chi connectivity index (χ2v) is 13.9. The Morgan fingerprint density at radius 2 is 1.64 bits per heavy atom. The highest BCUT2D eigenvalue weighted by atomic mass is 35.5. The summed E-state index contributed by atoms with van der Waals surface area (Å²) in [6.45, 7) is 0.865. The van der Waals surface area contributed by atoms with E-state index >= 15 is 0 Å². The Kier molecular flexibility index (Phi) is 10.2. The minimum absolute atomic E-state index is 0.00669. The topological polar surface area (TPSA) is 105 Å². The molecule has 2 amide bonds. The lowest BCUT2D eigenvalue weighted by molar-refractivity contribution is -0.140. The van der Waals surface area contributed by atoms with Gasteiger partial charge in [-0.3, -0.25) is 13.9 Å². The standard InChI is InChI=1S/C32H35Cl2N3O6S/c1-2-44(40,41)37(24-15-16-29-30(18-24)43-21-42-29)20-31(38)36(19-25-26(33)13-8-14-27(25)34)28(17-22-9-4-3-5-10-22)32(39)35-23-11-6-7-12-23/h3-5,8-10,13-16,18,23,28H,2,6-7,11-12,17,19-21H2,1H3,(H,35,39). The molecule has 1 N–H and O–H groups in total. The number of anilines is 1. The van der Waals surface area contributed by atoms with Crippen LogP contribution in [0.15, 0.2) is 66.7 Å². The Labute approximate surface area is 268 Å². The van der Waals surface area contributed by atoms with Crippen LogP contribution >= 0.6 is 23.2 Å². The highest BCUT2D eigenvalue weighted by Crippen LogP contribution is 2.36. The van der Waals surface area contributed by atoms with Crippen molar-refractivity contribution in [1.29, 1.82) is 0 Å². The average molecular weight is 661 g/mol. The molecule has 1 unspecified atom stereocenters. The van der Waals surface area contributed by atoms with E-state index in [-0.39, 0.29) is 43.1 Å². The molecule has 0 aromatic heterocycles. The predicted octanol–water partition coefficient (Wildman–Crippen LogP) is 5.58. The third kappa shape index (κ3) is 7.42. The summed E-state index contributed by atoms with van der Waals surface area (Å²) in [5, 5.41) is 3.81. The Balaban J connectivity index is 1.55. The largest absolute Gasteiger partial charge is 0.454 e. The number of hydrogen-bond acceptors (Lipinski definition) is 6. The van der Waals surface area contributed by atoms with E-state index in [9.17, 15) is 18.0 Å². The lowest BCUT2D eigenvalue weighted by Crippen LogP contribution is -2.54. The van der Waals surface area contributed by atoms with Crippen molar-refractivity contribution in [3.8, 4) is 11.5 Å². The summed E-state index contributed by atoms with van der Waals surface area (Å²) in [6.07, 6.45) is 3.97. The predicted molar refractivity (Wildman–Crippen MR) is 171 cm³/mol. The number of ether oxygens (including phenoxy) is 2. The quantitative estimate of drug-likeness (QED) is 0.272. The maximum Gasteiger partial charge on any atom is 0.244 e. The maximum atomic E-state index is 14.4. The number of rotatable bonds is 12. The summed E-state index contributed by atoms with van der Waals surface area (Å²) in [4.78, 5) is 29.8. The number of nitrogens with one attached hydrogen (secondary N) is 1. The summed E-state index contributed by atoms with van der Waals surface area (Å²) < 4.78 is 38.7. The fourth-order valence-electron chi connectivity index (χ4n) is 5.54. The van der Waals surface area contributed by atoms with Crippen LogP contribution in [0.3, 0.4) is 0 Å². The minimum atomic E-state index is -3.94. The smallest absolute Gasteiger partial charge is 0.244 e. The first-order valence-electron chi connectivity index (χ1n) is 14.6. The molecule has 0 spiro atoms. The number of carbonyl (C=O) groups is 2. The molecule has 1 aliphatic heterocycles. The molecule has 0 radical (unpaired) electrons. The van der Waals surface area contributed by atoms with E-state index in [0.29, 0.717) is 27.1 Å². The van der Waals surface area contributed by atoms with Crippen molar-refractivity contribution in [1.82, 2.24) is 10.2 Å². The number of benzene rings is 3. The van der Waals surface area contributed by atoms with Crippen molar-refractivity contribution in [3.05, 3.63) is 87.9 Å². The molecule has 0 bridgehead atoms. The van der Waals surface area contributed by atoms with Crippen LogP contribution in [0.25, 0.3) is 0 Å². The molecule has 44 heavy (non-hydrogen) atoms. The minimum Gasteiger partial charge on any atom is -0.454 e.